The number of fused-ring (bicyclic) bond motifs is 1. The van der Waals surface area contributed by atoms with Gasteiger partial charge in [0.2, 0.25) is 5.91 Å². The lowest BCUT2D eigenvalue weighted by Crippen LogP contribution is -2.47. The molecule has 1 N–H and O–H groups in total. The van der Waals surface area contributed by atoms with Gasteiger partial charge in [-0.05, 0) is 38.9 Å². The third kappa shape index (κ3) is 4.09. The van der Waals surface area contributed by atoms with Crippen LogP contribution in [0.1, 0.15) is 44.7 Å². The van der Waals surface area contributed by atoms with E-state index in [0.29, 0.717) is 12.6 Å². The second kappa shape index (κ2) is 7.71. The number of carbonyl (C=O) groups excluding carboxylic acids is 1. The molecule has 1 saturated carbocycles. The van der Waals surface area contributed by atoms with Gasteiger partial charge in [-0.2, -0.15) is 0 Å². The molecule has 0 unspecified atom stereocenters. The van der Waals surface area contributed by atoms with Crippen molar-refractivity contribution in [2.45, 2.75) is 57.7 Å². The van der Waals surface area contributed by atoms with Gasteiger partial charge in [-0.3, -0.25) is 14.7 Å². The summed E-state index contributed by atoms with van der Waals surface area (Å²) in [4.78, 5) is 23.6. The molecule has 0 bridgehead atoms. The number of benzene rings is 1. The largest absolute Gasteiger partial charge is 0.352 e. The Morgan fingerprint density at radius 1 is 1.25 bits per heavy atom. The van der Waals surface area contributed by atoms with E-state index in [2.05, 4.69) is 15.3 Å². The quantitative estimate of drug-likeness (QED) is 0.918. The summed E-state index contributed by atoms with van der Waals surface area (Å²) < 4.78 is 0. The normalized spacial score (nSPS) is 17.1. The second-order valence-electron chi connectivity index (χ2n) is 6.78. The molecule has 1 amide bonds. The highest BCUT2D eigenvalue weighted by molar-refractivity contribution is 5.81. The van der Waals surface area contributed by atoms with E-state index in [1.165, 1.54) is 19.3 Å². The molecule has 3 rings (SSSR count). The fourth-order valence-corrected chi connectivity index (χ4v) is 3.23. The lowest BCUT2D eigenvalue weighted by molar-refractivity contribution is -0.126. The molecule has 1 aromatic carbocycles. The standard InChI is InChI=1S/C19H26N4O/c1-14(19(24)22-15-8-4-3-5-9-15)23(2)13-16-12-20-17-10-6-7-11-18(17)21-16/h6-7,10-12,14-15H,3-5,8-9,13H2,1-2H3,(H,22,24)/t14-/m0/s1. The number of rotatable bonds is 5. The summed E-state index contributed by atoms with van der Waals surface area (Å²) in [6.07, 6.45) is 7.76. The van der Waals surface area contributed by atoms with Gasteiger partial charge in [-0.1, -0.05) is 31.4 Å². The van der Waals surface area contributed by atoms with Crippen molar-refractivity contribution in [3.8, 4) is 0 Å². The highest BCUT2D eigenvalue weighted by atomic mass is 16.2. The van der Waals surface area contributed by atoms with E-state index in [1.807, 2.05) is 43.1 Å². The maximum absolute atomic E-state index is 12.5. The first-order chi connectivity index (χ1) is 11.6. The summed E-state index contributed by atoms with van der Waals surface area (Å²) in [5.41, 5.74) is 2.67. The Balaban J connectivity index is 1.59. The molecular formula is C19H26N4O. The minimum absolute atomic E-state index is 0.109. The molecule has 1 aliphatic rings. The first-order valence-electron chi connectivity index (χ1n) is 8.85. The van der Waals surface area contributed by atoms with Crippen LogP contribution in [0.5, 0.6) is 0 Å². The number of carbonyl (C=O) groups is 1. The fraction of sp³-hybridized carbons (Fsp3) is 0.526. The van der Waals surface area contributed by atoms with Gasteiger partial charge in [0.15, 0.2) is 0 Å². The zero-order valence-electron chi connectivity index (χ0n) is 14.5. The van der Waals surface area contributed by atoms with E-state index >= 15 is 0 Å². The topological polar surface area (TPSA) is 58.1 Å². The molecule has 0 saturated heterocycles. The van der Waals surface area contributed by atoms with Gasteiger partial charge >= 0.3 is 0 Å². The number of hydrogen-bond acceptors (Lipinski definition) is 4. The van der Waals surface area contributed by atoms with Gasteiger partial charge in [-0.15, -0.1) is 0 Å². The van der Waals surface area contributed by atoms with E-state index in [1.54, 1.807) is 6.20 Å². The molecule has 0 aliphatic heterocycles. The first kappa shape index (κ1) is 16.8. The molecule has 5 nitrogen and oxygen atoms in total. The monoisotopic (exact) mass is 326 g/mol. The number of aromatic nitrogens is 2. The van der Waals surface area contributed by atoms with Crippen molar-refractivity contribution in [3.05, 3.63) is 36.2 Å². The van der Waals surface area contributed by atoms with Crippen LogP contribution in [0.25, 0.3) is 11.0 Å². The summed E-state index contributed by atoms with van der Waals surface area (Å²) in [5, 5.41) is 3.20. The third-order valence-corrected chi connectivity index (χ3v) is 4.90. The van der Waals surface area contributed by atoms with Crippen LogP contribution in [0.4, 0.5) is 0 Å². The molecule has 5 heteroatoms. The van der Waals surface area contributed by atoms with E-state index in [0.717, 1.165) is 29.6 Å². The third-order valence-electron chi connectivity index (χ3n) is 4.90. The van der Waals surface area contributed by atoms with Crippen molar-refractivity contribution in [1.82, 2.24) is 20.2 Å². The zero-order chi connectivity index (χ0) is 16.9. The van der Waals surface area contributed by atoms with E-state index in [-0.39, 0.29) is 11.9 Å². The highest BCUT2D eigenvalue weighted by Crippen LogP contribution is 2.18. The van der Waals surface area contributed by atoms with Crippen molar-refractivity contribution in [3.63, 3.8) is 0 Å². The predicted molar refractivity (Wildman–Crippen MR) is 95.5 cm³/mol. The van der Waals surface area contributed by atoms with Crippen LogP contribution < -0.4 is 5.32 Å². The number of hydrogen-bond donors (Lipinski definition) is 1. The minimum Gasteiger partial charge on any atom is -0.352 e. The molecule has 1 aliphatic carbocycles. The van der Waals surface area contributed by atoms with Gasteiger partial charge < -0.3 is 5.32 Å². The average Bonchev–Trinajstić information content (AvgIpc) is 2.61. The minimum atomic E-state index is -0.180. The molecule has 0 radical (unpaired) electrons. The first-order valence-corrected chi connectivity index (χ1v) is 8.85. The number of para-hydroxylation sites is 2. The maximum Gasteiger partial charge on any atom is 0.237 e. The summed E-state index contributed by atoms with van der Waals surface area (Å²) in [7, 11) is 1.96. The van der Waals surface area contributed by atoms with Crippen LogP contribution in [0.15, 0.2) is 30.5 Å². The Hall–Kier alpha value is -2.01. The summed E-state index contributed by atoms with van der Waals surface area (Å²) >= 11 is 0. The molecular weight excluding hydrogens is 300 g/mol. The lowest BCUT2D eigenvalue weighted by atomic mass is 9.95. The van der Waals surface area contributed by atoms with Gasteiger partial charge in [0, 0.05) is 12.6 Å². The average molecular weight is 326 g/mol. The van der Waals surface area contributed by atoms with Crippen molar-refractivity contribution in [2.75, 3.05) is 7.05 Å². The number of amides is 1. The maximum atomic E-state index is 12.5. The summed E-state index contributed by atoms with van der Waals surface area (Å²) in [6.45, 7) is 2.56. The van der Waals surface area contributed by atoms with Crippen molar-refractivity contribution < 1.29 is 4.79 Å². The Labute approximate surface area is 143 Å². The summed E-state index contributed by atoms with van der Waals surface area (Å²) in [6, 6.07) is 8.01. The molecule has 2 aromatic rings. The van der Waals surface area contributed by atoms with Crippen LogP contribution in [0.2, 0.25) is 0 Å². The second-order valence-corrected chi connectivity index (χ2v) is 6.78. The van der Waals surface area contributed by atoms with Crippen LogP contribution >= 0.6 is 0 Å². The smallest absolute Gasteiger partial charge is 0.237 e. The van der Waals surface area contributed by atoms with Crippen LogP contribution in [-0.2, 0) is 11.3 Å². The molecule has 1 heterocycles. The van der Waals surface area contributed by atoms with E-state index < -0.39 is 0 Å². The van der Waals surface area contributed by atoms with Crippen molar-refractivity contribution in [2.24, 2.45) is 0 Å². The predicted octanol–water partition coefficient (Wildman–Crippen LogP) is 2.90. The molecule has 0 spiro atoms. The molecule has 1 fully saturated rings. The zero-order valence-corrected chi connectivity index (χ0v) is 14.5. The Morgan fingerprint density at radius 2 is 1.96 bits per heavy atom. The molecule has 128 valence electrons. The fourth-order valence-electron chi connectivity index (χ4n) is 3.23. The SMILES string of the molecule is C[C@@H](C(=O)NC1CCCCC1)N(C)Cc1cnc2ccccc2n1. The Bertz CT molecular complexity index is 697. The van der Waals surface area contributed by atoms with Crippen molar-refractivity contribution in [1.29, 1.82) is 0 Å². The van der Waals surface area contributed by atoms with Gasteiger partial charge in [0.25, 0.3) is 0 Å². The van der Waals surface area contributed by atoms with Gasteiger partial charge in [-0.25, -0.2) is 4.98 Å². The summed E-state index contributed by atoms with van der Waals surface area (Å²) in [5.74, 6) is 0.109. The van der Waals surface area contributed by atoms with Crippen LogP contribution in [0, 0.1) is 0 Å². The Morgan fingerprint density at radius 3 is 2.71 bits per heavy atom. The highest BCUT2D eigenvalue weighted by Gasteiger charge is 2.22. The number of likely N-dealkylation sites (N-methyl/N-ethyl adjacent to an activating group) is 1. The van der Waals surface area contributed by atoms with E-state index in [4.69, 9.17) is 0 Å². The molecule has 24 heavy (non-hydrogen) atoms. The van der Waals surface area contributed by atoms with Gasteiger partial charge in [0.05, 0.1) is 29.0 Å². The van der Waals surface area contributed by atoms with Crippen LogP contribution in [-0.4, -0.2) is 39.9 Å². The van der Waals surface area contributed by atoms with E-state index in [9.17, 15) is 4.79 Å². The lowest BCUT2D eigenvalue weighted by Gasteiger charge is -2.28. The number of nitrogens with zero attached hydrogens (tertiary/aromatic N) is 3. The van der Waals surface area contributed by atoms with Gasteiger partial charge in [0.1, 0.15) is 0 Å². The van der Waals surface area contributed by atoms with Crippen molar-refractivity contribution >= 4 is 16.9 Å². The molecule has 1 aromatic heterocycles. The molecule has 1 atom stereocenters. The Kier molecular flexibility index (Phi) is 5.41. The van der Waals surface area contributed by atoms with Crippen LogP contribution in [0.3, 0.4) is 0 Å². The number of nitrogens with one attached hydrogen (secondary N) is 1.